The SMILES string of the molecule is Nc1nc(-c2cc(C(F)(F)F)cc(C(F)(F)F)c2)nc2n[nH]c(Cc3ccc(Cl)cc3)c12. The highest BCUT2D eigenvalue weighted by molar-refractivity contribution is 6.30. The van der Waals surface area contributed by atoms with Crippen molar-refractivity contribution >= 4 is 28.5 Å². The number of nitrogens with zero attached hydrogens (tertiary/aromatic N) is 3. The molecule has 0 saturated carbocycles. The minimum atomic E-state index is -5.00. The summed E-state index contributed by atoms with van der Waals surface area (Å²) in [4.78, 5) is 8.00. The highest BCUT2D eigenvalue weighted by Crippen LogP contribution is 2.38. The maximum Gasteiger partial charge on any atom is 0.416 e. The Morgan fingerprint density at radius 2 is 1.47 bits per heavy atom. The summed E-state index contributed by atoms with van der Waals surface area (Å²) in [5, 5.41) is 7.61. The number of halogens is 7. The number of nitrogens with one attached hydrogen (secondary N) is 1. The van der Waals surface area contributed by atoms with Crippen LogP contribution in [-0.4, -0.2) is 20.2 Å². The van der Waals surface area contributed by atoms with E-state index in [0.29, 0.717) is 34.7 Å². The minimum absolute atomic E-state index is 0.0161. The Morgan fingerprint density at radius 3 is 2.03 bits per heavy atom. The van der Waals surface area contributed by atoms with Gasteiger partial charge < -0.3 is 5.73 Å². The molecule has 4 rings (SSSR count). The summed E-state index contributed by atoms with van der Waals surface area (Å²) in [5.41, 5.74) is 3.96. The van der Waals surface area contributed by atoms with E-state index in [9.17, 15) is 26.3 Å². The molecule has 5 nitrogen and oxygen atoms in total. The molecule has 0 unspecified atom stereocenters. The van der Waals surface area contributed by atoms with Crippen LogP contribution in [0.2, 0.25) is 5.02 Å². The average molecular weight is 472 g/mol. The normalized spacial score (nSPS) is 12.5. The van der Waals surface area contributed by atoms with Crippen molar-refractivity contribution in [3.63, 3.8) is 0 Å². The fourth-order valence-corrected chi connectivity index (χ4v) is 3.29. The van der Waals surface area contributed by atoms with Crippen molar-refractivity contribution in [2.24, 2.45) is 0 Å². The first-order valence-corrected chi connectivity index (χ1v) is 9.34. The highest BCUT2D eigenvalue weighted by Gasteiger charge is 2.37. The van der Waals surface area contributed by atoms with Crippen LogP contribution in [-0.2, 0) is 18.8 Å². The molecular formula is C20H12ClF6N5. The first kappa shape index (κ1) is 21.9. The van der Waals surface area contributed by atoms with Gasteiger partial charge in [-0.3, -0.25) is 5.10 Å². The zero-order valence-electron chi connectivity index (χ0n) is 15.8. The lowest BCUT2D eigenvalue weighted by atomic mass is 10.0. The van der Waals surface area contributed by atoms with Gasteiger partial charge in [-0.1, -0.05) is 23.7 Å². The van der Waals surface area contributed by atoms with Crippen molar-refractivity contribution in [1.82, 2.24) is 20.2 Å². The molecule has 0 aliphatic rings. The molecule has 0 aliphatic heterocycles. The number of nitrogens with two attached hydrogens (primary N) is 1. The molecule has 166 valence electrons. The van der Waals surface area contributed by atoms with Crippen LogP contribution < -0.4 is 5.73 Å². The zero-order valence-corrected chi connectivity index (χ0v) is 16.6. The van der Waals surface area contributed by atoms with Gasteiger partial charge in [-0.2, -0.15) is 31.4 Å². The number of aromatic nitrogens is 4. The fraction of sp³-hybridized carbons (Fsp3) is 0.150. The molecule has 0 atom stereocenters. The molecule has 0 spiro atoms. The highest BCUT2D eigenvalue weighted by atomic mass is 35.5. The van der Waals surface area contributed by atoms with Crippen LogP contribution in [0.15, 0.2) is 42.5 Å². The maximum absolute atomic E-state index is 13.2. The monoisotopic (exact) mass is 471 g/mol. The summed E-state index contributed by atoms with van der Waals surface area (Å²) in [5.74, 6) is -0.537. The second kappa shape index (κ2) is 7.66. The summed E-state index contributed by atoms with van der Waals surface area (Å²) in [7, 11) is 0. The Morgan fingerprint density at radius 1 is 0.875 bits per heavy atom. The molecule has 0 aliphatic carbocycles. The number of alkyl halides is 6. The van der Waals surface area contributed by atoms with Crippen LogP contribution in [0.1, 0.15) is 22.4 Å². The Hall–Kier alpha value is -3.34. The van der Waals surface area contributed by atoms with Gasteiger partial charge in [0.2, 0.25) is 0 Å². The number of nitrogen functional groups attached to an aromatic ring is 1. The van der Waals surface area contributed by atoms with E-state index in [0.717, 1.165) is 5.56 Å². The zero-order chi connectivity index (χ0) is 23.3. The smallest absolute Gasteiger partial charge is 0.383 e. The number of benzene rings is 2. The van der Waals surface area contributed by atoms with Gasteiger partial charge in [0, 0.05) is 17.0 Å². The van der Waals surface area contributed by atoms with Crippen LogP contribution in [0.3, 0.4) is 0 Å². The molecule has 4 aromatic rings. The van der Waals surface area contributed by atoms with Gasteiger partial charge in [0.1, 0.15) is 5.82 Å². The lowest BCUT2D eigenvalue weighted by Crippen LogP contribution is -2.11. The first-order chi connectivity index (χ1) is 14.9. The van der Waals surface area contributed by atoms with E-state index in [1.807, 2.05) is 0 Å². The van der Waals surface area contributed by atoms with Crippen LogP contribution in [0.5, 0.6) is 0 Å². The van der Waals surface area contributed by atoms with Gasteiger partial charge in [-0.15, -0.1) is 0 Å². The van der Waals surface area contributed by atoms with Gasteiger partial charge in [0.25, 0.3) is 0 Å². The molecule has 12 heteroatoms. The average Bonchev–Trinajstić information content (AvgIpc) is 3.11. The van der Waals surface area contributed by atoms with Crippen LogP contribution in [0, 0.1) is 0 Å². The lowest BCUT2D eigenvalue weighted by Gasteiger charge is -2.14. The molecule has 2 aromatic heterocycles. The Bertz CT molecular complexity index is 1260. The van der Waals surface area contributed by atoms with Crippen molar-refractivity contribution in [3.8, 4) is 11.4 Å². The fourth-order valence-electron chi connectivity index (χ4n) is 3.16. The van der Waals surface area contributed by atoms with Crippen LogP contribution >= 0.6 is 11.6 Å². The minimum Gasteiger partial charge on any atom is -0.383 e. The van der Waals surface area contributed by atoms with E-state index in [1.54, 1.807) is 24.3 Å². The molecule has 0 radical (unpaired) electrons. The number of fused-ring (bicyclic) bond motifs is 1. The molecule has 0 bridgehead atoms. The molecule has 2 heterocycles. The number of hydrogen-bond donors (Lipinski definition) is 2. The number of hydrogen-bond acceptors (Lipinski definition) is 4. The maximum atomic E-state index is 13.2. The molecule has 0 amide bonds. The predicted molar refractivity (Wildman–Crippen MR) is 106 cm³/mol. The first-order valence-electron chi connectivity index (χ1n) is 8.96. The van der Waals surface area contributed by atoms with Gasteiger partial charge in [-0.25, -0.2) is 9.97 Å². The molecule has 0 fully saturated rings. The van der Waals surface area contributed by atoms with Crippen LogP contribution in [0.4, 0.5) is 32.2 Å². The summed E-state index contributed by atoms with van der Waals surface area (Å²) < 4.78 is 79.0. The molecular weight excluding hydrogens is 460 g/mol. The predicted octanol–water partition coefficient (Wildman–Crippen LogP) is 5.88. The second-order valence-corrected chi connectivity index (χ2v) is 7.37. The number of aromatic amines is 1. The van der Waals surface area contributed by atoms with Gasteiger partial charge in [0.05, 0.1) is 22.2 Å². The Labute approximate surface area is 181 Å². The van der Waals surface area contributed by atoms with E-state index >= 15 is 0 Å². The molecule has 32 heavy (non-hydrogen) atoms. The summed E-state index contributed by atoms with van der Waals surface area (Å²) in [6.07, 6.45) is -9.64. The second-order valence-electron chi connectivity index (χ2n) is 6.93. The van der Waals surface area contributed by atoms with E-state index in [2.05, 4.69) is 20.2 Å². The van der Waals surface area contributed by atoms with Crippen molar-refractivity contribution in [2.75, 3.05) is 5.73 Å². The molecule has 2 aromatic carbocycles. The van der Waals surface area contributed by atoms with Gasteiger partial charge in [-0.05, 0) is 35.9 Å². The number of rotatable bonds is 3. The molecule has 3 N–H and O–H groups in total. The van der Waals surface area contributed by atoms with E-state index in [1.165, 1.54) is 0 Å². The summed E-state index contributed by atoms with van der Waals surface area (Å²) in [6, 6.07) is 8.06. The number of H-pyrrole nitrogens is 1. The van der Waals surface area contributed by atoms with E-state index in [4.69, 9.17) is 17.3 Å². The third-order valence-corrected chi connectivity index (χ3v) is 4.91. The summed E-state index contributed by atoms with van der Waals surface area (Å²) in [6.45, 7) is 0. The Kier molecular flexibility index (Phi) is 5.24. The van der Waals surface area contributed by atoms with Crippen LogP contribution in [0.25, 0.3) is 22.4 Å². The van der Waals surface area contributed by atoms with Crippen molar-refractivity contribution < 1.29 is 26.3 Å². The largest absolute Gasteiger partial charge is 0.416 e. The summed E-state index contributed by atoms with van der Waals surface area (Å²) >= 11 is 5.87. The van der Waals surface area contributed by atoms with Gasteiger partial charge >= 0.3 is 12.4 Å². The quantitative estimate of drug-likeness (QED) is 0.365. The standard InChI is InChI=1S/C20H12ClF6N5/c21-13-3-1-9(2-4-13)5-14-15-16(28)29-17(30-18(15)32-31-14)10-6-11(19(22,23)24)8-12(7-10)20(25,26)27/h1-4,6-8H,5H2,(H3,28,29,30,31,32). The van der Waals surface area contributed by atoms with Gasteiger partial charge in [0.15, 0.2) is 11.5 Å². The topological polar surface area (TPSA) is 80.5 Å². The van der Waals surface area contributed by atoms with E-state index < -0.39 is 34.9 Å². The third-order valence-electron chi connectivity index (χ3n) is 4.66. The number of anilines is 1. The molecule has 0 saturated heterocycles. The Balaban J connectivity index is 1.80. The van der Waals surface area contributed by atoms with Crippen molar-refractivity contribution in [3.05, 3.63) is 69.9 Å². The van der Waals surface area contributed by atoms with Crippen molar-refractivity contribution in [2.45, 2.75) is 18.8 Å². The van der Waals surface area contributed by atoms with E-state index in [-0.39, 0.29) is 17.5 Å². The van der Waals surface area contributed by atoms with Crippen molar-refractivity contribution in [1.29, 1.82) is 0 Å². The lowest BCUT2D eigenvalue weighted by molar-refractivity contribution is -0.143. The third kappa shape index (κ3) is 4.33.